The van der Waals surface area contributed by atoms with Crippen LogP contribution in [0.5, 0.6) is 0 Å². The molecular weight excluding hydrogens is 329 g/mol. The second-order valence-corrected chi connectivity index (χ2v) is 5.75. The van der Waals surface area contributed by atoms with E-state index in [1.165, 1.54) is 16.8 Å². The van der Waals surface area contributed by atoms with E-state index in [1.807, 2.05) is 25.1 Å². The van der Waals surface area contributed by atoms with Gasteiger partial charge in [-0.25, -0.2) is 9.07 Å². The van der Waals surface area contributed by atoms with Gasteiger partial charge in [-0.05, 0) is 48.9 Å². The van der Waals surface area contributed by atoms with Crippen molar-refractivity contribution in [3.63, 3.8) is 0 Å². The van der Waals surface area contributed by atoms with E-state index in [0.29, 0.717) is 10.7 Å². The van der Waals surface area contributed by atoms with Crippen LogP contribution < -0.4 is 5.32 Å². The summed E-state index contributed by atoms with van der Waals surface area (Å²) in [5, 5.41) is 7.70. The van der Waals surface area contributed by atoms with Crippen LogP contribution in [0.15, 0.2) is 60.8 Å². The fourth-order valence-corrected chi connectivity index (χ4v) is 2.66. The van der Waals surface area contributed by atoms with Crippen LogP contribution in [0.2, 0.25) is 5.02 Å². The van der Waals surface area contributed by atoms with Crippen LogP contribution in [0.4, 0.5) is 4.39 Å². The third kappa shape index (κ3) is 3.46. The van der Waals surface area contributed by atoms with Crippen LogP contribution in [0.1, 0.15) is 29.0 Å². The smallest absolute Gasteiger partial charge is 0.272 e. The third-order valence-electron chi connectivity index (χ3n) is 3.63. The Morgan fingerprint density at radius 2 is 1.88 bits per heavy atom. The lowest BCUT2D eigenvalue weighted by molar-refractivity contribution is 0.0934. The lowest BCUT2D eigenvalue weighted by Crippen LogP contribution is -2.27. The number of aromatic nitrogens is 2. The van der Waals surface area contributed by atoms with Crippen LogP contribution in [-0.2, 0) is 0 Å². The van der Waals surface area contributed by atoms with Gasteiger partial charge in [0.25, 0.3) is 5.91 Å². The van der Waals surface area contributed by atoms with Crippen molar-refractivity contribution in [2.45, 2.75) is 13.0 Å². The molecule has 0 spiro atoms. The Morgan fingerprint density at radius 3 is 2.58 bits per heavy atom. The maximum Gasteiger partial charge on any atom is 0.272 e. The van der Waals surface area contributed by atoms with Crippen LogP contribution in [0, 0.1) is 5.82 Å². The second kappa shape index (κ2) is 6.84. The Hall–Kier alpha value is -2.66. The molecule has 3 rings (SSSR count). The predicted molar refractivity (Wildman–Crippen MR) is 90.9 cm³/mol. The summed E-state index contributed by atoms with van der Waals surface area (Å²) in [5.41, 5.74) is 1.79. The van der Waals surface area contributed by atoms with Gasteiger partial charge in [-0.15, -0.1) is 0 Å². The summed E-state index contributed by atoms with van der Waals surface area (Å²) in [6.07, 6.45) is 1.66. The largest absolute Gasteiger partial charge is 0.344 e. The molecule has 0 aliphatic carbocycles. The average Bonchev–Trinajstić information content (AvgIpc) is 3.06. The number of nitrogens with one attached hydrogen (secondary N) is 1. The van der Waals surface area contributed by atoms with E-state index in [2.05, 4.69) is 10.4 Å². The summed E-state index contributed by atoms with van der Waals surface area (Å²) in [7, 11) is 0. The Bertz CT molecular complexity index is 861. The van der Waals surface area contributed by atoms with Gasteiger partial charge in [0.15, 0.2) is 5.69 Å². The van der Waals surface area contributed by atoms with Crippen molar-refractivity contribution in [2.24, 2.45) is 0 Å². The monoisotopic (exact) mass is 343 g/mol. The van der Waals surface area contributed by atoms with Gasteiger partial charge in [0.1, 0.15) is 5.82 Å². The highest BCUT2D eigenvalue weighted by Gasteiger charge is 2.16. The zero-order chi connectivity index (χ0) is 17.1. The summed E-state index contributed by atoms with van der Waals surface area (Å²) in [6.45, 7) is 1.86. The molecule has 24 heavy (non-hydrogen) atoms. The topological polar surface area (TPSA) is 46.9 Å². The number of benzene rings is 2. The molecule has 4 nitrogen and oxygen atoms in total. The molecule has 1 N–H and O–H groups in total. The first-order valence-corrected chi connectivity index (χ1v) is 7.79. The molecule has 0 fully saturated rings. The molecule has 1 aromatic heterocycles. The summed E-state index contributed by atoms with van der Waals surface area (Å²) >= 11 is 6.14. The fraction of sp³-hybridized carbons (Fsp3) is 0.111. The number of amides is 1. The molecule has 0 saturated carbocycles. The van der Waals surface area contributed by atoms with Crippen LogP contribution in [0.3, 0.4) is 0 Å². The molecule has 0 aliphatic heterocycles. The van der Waals surface area contributed by atoms with Crippen molar-refractivity contribution < 1.29 is 9.18 Å². The highest BCUT2D eigenvalue weighted by Crippen LogP contribution is 2.22. The summed E-state index contributed by atoms with van der Waals surface area (Å²) < 4.78 is 14.5. The molecular formula is C18H15ClFN3O. The summed E-state index contributed by atoms with van der Waals surface area (Å²) in [6, 6.07) is 14.6. The minimum absolute atomic E-state index is 0.248. The number of halogens is 2. The number of hydrogen-bond donors (Lipinski definition) is 1. The first kappa shape index (κ1) is 16.2. The van der Waals surface area contributed by atoms with Crippen molar-refractivity contribution in [3.8, 4) is 5.69 Å². The lowest BCUT2D eigenvalue weighted by atomic mass is 10.1. The zero-order valence-corrected chi connectivity index (χ0v) is 13.7. The van der Waals surface area contributed by atoms with Gasteiger partial charge in [0.05, 0.1) is 11.7 Å². The van der Waals surface area contributed by atoms with E-state index in [-0.39, 0.29) is 23.5 Å². The first-order valence-electron chi connectivity index (χ1n) is 7.41. The van der Waals surface area contributed by atoms with Crippen molar-refractivity contribution in [2.75, 3.05) is 0 Å². The Balaban J connectivity index is 1.74. The van der Waals surface area contributed by atoms with E-state index in [1.54, 1.807) is 30.5 Å². The van der Waals surface area contributed by atoms with Gasteiger partial charge in [-0.2, -0.15) is 5.10 Å². The third-order valence-corrected chi connectivity index (χ3v) is 3.98. The molecule has 6 heteroatoms. The molecule has 0 saturated heterocycles. The second-order valence-electron chi connectivity index (χ2n) is 5.34. The van der Waals surface area contributed by atoms with E-state index < -0.39 is 0 Å². The fourth-order valence-electron chi connectivity index (χ4n) is 2.36. The van der Waals surface area contributed by atoms with Gasteiger partial charge in [0, 0.05) is 11.2 Å². The molecule has 2 aromatic carbocycles. The standard InChI is InChI=1S/C18H15ClFN3O/c1-12(15-4-2-3-5-16(15)19)21-18(24)17-10-11-23(22-17)14-8-6-13(20)7-9-14/h2-12H,1H3,(H,21,24). The molecule has 1 heterocycles. The zero-order valence-electron chi connectivity index (χ0n) is 12.9. The van der Waals surface area contributed by atoms with Gasteiger partial charge in [-0.3, -0.25) is 4.79 Å². The van der Waals surface area contributed by atoms with E-state index in [9.17, 15) is 9.18 Å². The number of carbonyl (C=O) groups is 1. The van der Waals surface area contributed by atoms with Crippen LogP contribution >= 0.6 is 11.6 Å². The SMILES string of the molecule is CC(NC(=O)c1ccn(-c2ccc(F)cc2)n1)c1ccccc1Cl. The molecule has 0 aliphatic rings. The number of nitrogens with zero attached hydrogens (tertiary/aromatic N) is 2. The summed E-state index contributed by atoms with van der Waals surface area (Å²) in [4.78, 5) is 12.3. The molecule has 1 unspecified atom stereocenters. The summed E-state index contributed by atoms with van der Waals surface area (Å²) in [5.74, 6) is -0.624. The molecule has 1 atom stereocenters. The number of carbonyl (C=O) groups excluding carboxylic acids is 1. The van der Waals surface area contributed by atoms with Gasteiger partial charge in [0.2, 0.25) is 0 Å². The maximum absolute atomic E-state index is 13.0. The number of hydrogen-bond acceptors (Lipinski definition) is 2. The Labute approximate surface area is 143 Å². The maximum atomic E-state index is 13.0. The normalized spacial score (nSPS) is 12.0. The van der Waals surface area contributed by atoms with Crippen molar-refractivity contribution in [1.82, 2.24) is 15.1 Å². The first-order chi connectivity index (χ1) is 11.5. The molecule has 122 valence electrons. The van der Waals surface area contributed by atoms with Gasteiger partial charge < -0.3 is 5.32 Å². The highest BCUT2D eigenvalue weighted by atomic mass is 35.5. The predicted octanol–water partition coefficient (Wildman–Crippen LogP) is 4.16. The molecule has 3 aromatic rings. The number of rotatable bonds is 4. The van der Waals surface area contributed by atoms with Crippen LogP contribution in [0.25, 0.3) is 5.69 Å². The quantitative estimate of drug-likeness (QED) is 0.773. The Morgan fingerprint density at radius 1 is 1.17 bits per heavy atom. The van der Waals surface area contributed by atoms with E-state index >= 15 is 0 Å². The van der Waals surface area contributed by atoms with Crippen molar-refractivity contribution in [3.05, 3.63) is 82.9 Å². The minimum Gasteiger partial charge on any atom is -0.344 e. The molecule has 0 bridgehead atoms. The van der Waals surface area contributed by atoms with E-state index in [0.717, 1.165) is 5.56 Å². The molecule has 1 amide bonds. The lowest BCUT2D eigenvalue weighted by Gasteiger charge is -2.14. The van der Waals surface area contributed by atoms with Gasteiger partial charge >= 0.3 is 0 Å². The highest BCUT2D eigenvalue weighted by molar-refractivity contribution is 6.31. The average molecular weight is 344 g/mol. The van der Waals surface area contributed by atoms with Crippen molar-refractivity contribution in [1.29, 1.82) is 0 Å². The van der Waals surface area contributed by atoms with Crippen molar-refractivity contribution >= 4 is 17.5 Å². The van der Waals surface area contributed by atoms with E-state index in [4.69, 9.17) is 11.6 Å². The molecule has 0 radical (unpaired) electrons. The Kier molecular flexibility index (Phi) is 4.62. The van der Waals surface area contributed by atoms with Crippen LogP contribution in [-0.4, -0.2) is 15.7 Å². The van der Waals surface area contributed by atoms with Gasteiger partial charge in [-0.1, -0.05) is 29.8 Å². The minimum atomic E-state index is -0.322.